The Hall–Kier alpha value is -1.56. The fraction of sp³-hybridized carbons (Fsp3) is 0.500. The fourth-order valence-corrected chi connectivity index (χ4v) is 2.72. The van der Waals surface area contributed by atoms with Crippen LogP contribution in [0.5, 0.6) is 0 Å². The van der Waals surface area contributed by atoms with Gasteiger partial charge in [0, 0.05) is 0 Å². The Morgan fingerprint density at radius 3 is 2.65 bits per heavy atom. The van der Waals surface area contributed by atoms with Gasteiger partial charge in [0.2, 0.25) is 0 Å². The Labute approximate surface area is 114 Å². The van der Waals surface area contributed by atoms with Gasteiger partial charge in [-0.3, -0.25) is 4.79 Å². The van der Waals surface area contributed by atoms with Crippen LogP contribution in [0.2, 0.25) is 0 Å². The largest absolute Gasteiger partial charge is 0.481 e. The van der Waals surface area contributed by atoms with E-state index in [2.05, 4.69) is 5.32 Å². The molecule has 1 atom stereocenters. The minimum absolute atomic E-state index is 0.214. The van der Waals surface area contributed by atoms with E-state index >= 15 is 0 Å². The third-order valence-electron chi connectivity index (χ3n) is 3.69. The van der Waals surface area contributed by atoms with E-state index in [1.165, 1.54) is 6.07 Å². The second kappa shape index (κ2) is 5.44. The lowest BCUT2D eigenvalue weighted by Crippen LogP contribution is -2.47. The molecule has 110 valence electrons. The van der Waals surface area contributed by atoms with Gasteiger partial charge in [0.1, 0.15) is 0 Å². The molecule has 0 bridgehead atoms. The van der Waals surface area contributed by atoms with Crippen molar-refractivity contribution in [2.75, 3.05) is 6.54 Å². The lowest BCUT2D eigenvalue weighted by atomic mass is 9.79. The zero-order chi connectivity index (χ0) is 14.8. The highest BCUT2D eigenvalue weighted by molar-refractivity contribution is 5.69. The van der Waals surface area contributed by atoms with Crippen LogP contribution in [0.15, 0.2) is 24.3 Å². The number of carboxylic acids is 1. The van der Waals surface area contributed by atoms with Crippen LogP contribution in [-0.4, -0.2) is 17.6 Å². The number of alkyl halides is 3. The summed E-state index contributed by atoms with van der Waals surface area (Å²) >= 11 is 0. The molecule has 0 radical (unpaired) electrons. The average molecular weight is 287 g/mol. The zero-order valence-electron chi connectivity index (χ0n) is 10.8. The first kappa shape index (κ1) is 14.8. The van der Waals surface area contributed by atoms with Crippen LogP contribution in [0, 0.1) is 0 Å². The Morgan fingerprint density at radius 2 is 2.10 bits per heavy atom. The molecule has 6 heteroatoms. The molecule has 1 heterocycles. The number of carboxylic acid groups (broad SMARTS) is 1. The van der Waals surface area contributed by atoms with Crippen LogP contribution >= 0.6 is 0 Å². The molecule has 1 aromatic carbocycles. The summed E-state index contributed by atoms with van der Waals surface area (Å²) in [5, 5.41) is 12.2. The van der Waals surface area contributed by atoms with E-state index in [0.29, 0.717) is 18.5 Å². The van der Waals surface area contributed by atoms with Gasteiger partial charge in [-0.15, -0.1) is 0 Å². The van der Waals surface area contributed by atoms with Crippen molar-refractivity contribution in [3.8, 4) is 0 Å². The van der Waals surface area contributed by atoms with Crippen molar-refractivity contribution < 1.29 is 23.1 Å². The van der Waals surface area contributed by atoms with E-state index in [1.54, 1.807) is 6.07 Å². The zero-order valence-corrected chi connectivity index (χ0v) is 10.8. The number of aliphatic carboxylic acids is 1. The molecule has 0 aliphatic carbocycles. The van der Waals surface area contributed by atoms with Gasteiger partial charge in [-0.1, -0.05) is 12.1 Å². The van der Waals surface area contributed by atoms with Crippen LogP contribution in [0.4, 0.5) is 13.2 Å². The first-order chi connectivity index (χ1) is 9.33. The first-order valence-electron chi connectivity index (χ1n) is 6.48. The Balaban J connectivity index is 2.41. The maximum atomic E-state index is 12.8. The van der Waals surface area contributed by atoms with Crippen LogP contribution in [0.1, 0.15) is 36.8 Å². The van der Waals surface area contributed by atoms with Crippen molar-refractivity contribution in [3.63, 3.8) is 0 Å². The third kappa shape index (κ3) is 3.12. The van der Waals surface area contributed by atoms with Crippen molar-refractivity contribution in [1.29, 1.82) is 0 Å². The molecule has 1 aliphatic heterocycles. The lowest BCUT2D eigenvalue weighted by Gasteiger charge is -2.38. The second-order valence-electron chi connectivity index (χ2n) is 5.12. The average Bonchev–Trinajstić information content (AvgIpc) is 2.38. The van der Waals surface area contributed by atoms with Crippen molar-refractivity contribution in [3.05, 3.63) is 35.4 Å². The molecule has 2 N–H and O–H groups in total. The molecule has 1 saturated heterocycles. The molecular weight excluding hydrogens is 271 g/mol. The van der Waals surface area contributed by atoms with E-state index in [9.17, 15) is 18.0 Å². The highest BCUT2D eigenvalue weighted by Crippen LogP contribution is 2.37. The molecule has 0 aromatic heterocycles. The summed E-state index contributed by atoms with van der Waals surface area (Å²) in [5.74, 6) is -1.02. The van der Waals surface area contributed by atoms with E-state index < -0.39 is 23.2 Å². The third-order valence-corrected chi connectivity index (χ3v) is 3.69. The summed E-state index contributed by atoms with van der Waals surface area (Å²) in [4.78, 5) is 11.1. The highest BCUT2D eigenvalue weighted by atomic mass is 19.4. The summed E-state index contributed by atoms with van der Waals surface area (Å²) in [6.07, 6.45) is -2.40. The van der Waals surface area contributed by atoms with Gasteiger partial charge in [-0.2, -0.15) is 13.2 Å². The molecule has 3 nitrogen and oxygen atoms in total. The predicted molar refractivity (Wildman–Crippen MR) is 67.2 cm³/mol. The topological polar surface area (TPSA) is 49.3 Å². The molecule has 1 unspecified atom stereocenters. The molecule has 1 aromatic rings. The summed E-state index contributed by atoms with van der Waals surface area (Å²) in [5.41, 5.74) is -1.24. The molecule has 2 rings (SSSR count). The van der Waals surface area contributed by atoms with Gasteiger partial charge in [0.15, 0.2) is 0 Å². The van der Waals surface area contributed by atoms with E-state index in [-0.39, 0.29) is 6.42 Å². The summed E-state index contributed by atoms with van der Waals surface area (Å²) in [7, 11) is 0. The van der Waals surface area contributed by atoms with Crippen molar-refractivity contribution in [1.82, 2.24) is 5.32 Å². The molecule has 1 fully saturated rings. The number of carbonyl (C=O) groups is 1. The maximum absolute atomic E-state index is 12.8. The van der Waals surface area contributed by atoms with Gasteiger partial charge >= 0.3 is 12.1 Å². The minimum atomic E-state index is -4.42. The van der Waals surface area contributed by atoms with Crippen molar-refractivity contribution in [2.24, 2.45) is 0 Å². The van der Waals surface area contributed by atoms with Gasteiger partial charge < -0.3 is 10.4 Å². The van der Waals surface area contributed by atoms with Crippen molar-refractivity contribution in [2.45, 2.75) is 37.4 Å². The minimum Gasteiger partial charge on any atom is -0.481 e. The normalized spacial score (nSPS) is 23.6. The van der Waals surface area contributed by atoms with E-state index in [0.717, 1.165) is 25.0 Å². The smallest absolute Gasteiger partial charge is 0.416 e. The van der Waals surface area contributed by atoms with Crippen LogP contribution in [0.25, 0.3) is 0 Å². The molecule has 1 aliphatic rings. The Kier molecular flexibility index (Phi) is 4.04. The monoisotopic (exact) mass is 287 g/mol. The molecule has 20 heavy (non-hydrogen) atoms. The second-order valence-corrected chi connectivity index (χ2v) is 5.12. The van der Waals surface area contributed by atoms with Crippen LogP contribution < -0.4 is 5.32 Å². The van der Waals surface area contributed by atoms with Crippen LogP contribution in [-0.2, 0) is 16.5 Å². The standard InChI is InChI=1S/C14H16F3NO2/c15-14(16,17)11-5-3-4-10(8-11)13(9-12(19)20)6-1-2-7-18-13/h3-5,8,18H,1-2,6-7,9H2,(H,19,20). The number of hydrogen-bond acceptors (Lipinski definition) is 2. The molecule has 0 spiro atoms. The van der Waals surface area contributed by atoms with E-state index in [4.69, 9.17) is 5.11 Å². The number of piperidine rings is 1. The summed E-state index contributed by atoms with van der Waals surface area (Å²) < 4.78 is 38.4. The summed E-state index contributed by atoms with van der Waals surface area (Å²) in [6.45, 7) is 0.615. The van der Waals surface area contributed by atoms with Gasteiger partial charge in [-0.05, 0) is 43.5 Å². The van der Waals surface area contributed by atoms with Crippen molar-refractivity contribution >= 4 is 5.97 Å². The van der Waals surface area contributed by atoms with E-state index in [1.807, 2.05) is 0 Å². The number of rotatable bonds is 3. The van der Waals surface area contributed by atoms with Gasteiger partial charge in [-0.25, -0.2) is 0 Å². The number of hydrogen-bond donors (Lipinski definition) is 2. The van der Waals surface area contributed by atoms with Gasteiger partial charge in [0.05, 0.1) is 17.5 Å². The Bertz CT molecular complexity index is 493. The number of benzene rings is 1. The van der Waals surface area contributed by atoms with Crippen LogP contribution in [0.3, 0.4) is 0 Å². The SMILES string of the molecule is O=C(O)CC1(c2cccc(C(F)(F)F)c2)CCCCN1. The predicted octanol–water partition coefficient (Wildman–Crippen LogP) is 3.15. The first-order valence-corrected chi connectivity index (χ1v) is 6.48. The highest BCUT2D eigenvalue weighted by Gasteiger charge is 2.38. The lowest BCUT2D eigenvalue weighted by molar-refractivity contribution is -0.139. The molecule has 0 saturated carbocycles. The Morgan fingerprint density at radius 1 is 1.35 bits per heavy atom. The number of nitrogens with one attached hydrogen (secondary N) is 1. The summed E-state index contributed by atoms with van der Waals surface area (Å²) in [6, 6.07) is 4.95. The molecular formula is C14H16F3NO2. The quantitative estimate of drug-likeness (QED) is 0.898. The molecule has 0 amide bonds. The maximum Gasteiger partial charge on any atom is 0.416 e. The fourth-order valence-electron chi connectivity index (χ4n) is 2.72. The number of halogens is 3. The van der Waals surface area contributed by atoms with Gasteiger partial charge in [0.25, 0.3) is 0 Å².